The zero-order valence-electron chi connectivity index (χ0n) is 22.4. The first-order valence-electron chi connectivity index (χ1n) is 13.2. The van der Waals surface area contributed by atoms with Crippen molar-refractivity contribution in [2.24, 2.45) is 0 Å². The number of benzene rings is 3. The molecule has 0 radical (unpaired) electrons. The van der Waals surface area contributed by atoms with Crippen LogP contribution in [0.15, 0.2) is 82.7 Å². The number of hydrogen-bond donors (Lipinski definition) is 1. The fourth-order valence-electron chi connectivity index (χ4n) is 4.83. The second-order valence-electron chi connectivity index (χ2n) is 9.97. The Bertz CT molecular complexity index is 1630. The van der Waals surface area contributed by atoms with Gasteiger partial charge in [-0.2, -0.15) is 0 Å². The molecule has 0 saturated carbocycles. The van der Waals surface area contributed by atoms with Crippen LogP contribution in [0.2, 0.25) is 0 Å². The average Bonchev–Trinajstić information content (AvgIpc) is 3.57. The van der Waals surface area contributed by atoms with Gasteiger partial charge in [0.25, 0.3) is 5.78 Å². The molecule has 3 aromatic carbocycles. The highest BCUT2D eigenvalue weighted by Gasteiger charge is 2.48. The van der Waals surface area contributed by atoms with Crippen LogP contribution in [0.3, 0.4) is 0 Å². The van der Waals surface area contributed by atoms with E-state index in [1.807, 2.05) is 54.6 Å². The fraction of sp³-hybridized carbons (Fsp3) is 0.226. The minimum Gasteiger partial charge on any atom is -0.507 e. The predicted molar refractivity (Wildman–Crippen MR) is 159 cm³/mol. The highest BCUT2D eigenvalue weighted by atomic mass is 32.2. The number of carbonyl (C=O) groups is 2. The fourth-order valence-corrected chi connectivity index (χ4v) is 6.66. The quantitative estimate of drug-likeness (QED) is 0.0880. The normalized spacial score (nSPS) is 17.8. The minimum atomic E-state index is -0.885. The number of hydrogen-bond acceptors (Lipinski definition) is 9. The lowest BCUT2D eigenvalue weighted by atomic mass is 9.93. The zero-order valence-corrected chi connectivity index (χ0v) is 24.1. The van der Waals surface area contributed by atoms with E-state index in [0.29, 0.717) is 57.0 Å². The van der Waals surface area contributed by atoms with E-state index in [1.54, 1.807) is 18.2 Å². The summed E-state index contributed by atoms with van der Waals surface area (Å²) in [7, 11) is 0. The molecule has 1 fully saturated rings. The van der Waals surface area contributed by atoms with Gasteiger partial charge in [-0.25, -0.2) is 0 Å². The monoisotopic (exact) mass is 585 g/mol. The van der Waals surface area contributed by atoms with Crippen LogP contribution in [-0.2, 0) is 15.3 Å². The molecule has 1 aromatic heterocycles. The van der Waals surface area contributed by atoms with Crippen molar-refractivity contribution in [3.63, 3.8) is 0 Å². The Hall–Kier alpha value is -4.15. The standard InChI is InChI=1S/C31H27N3O5S2/c1-18(2)20-8-10-21(11-9-20)26-25(27(35)22-12-13-23-24(16-22)39-15-14-38-23)28(36)29(37)34(26)30-32-33-31(41-30)40-17-19-6-4-3-5-7-19/h3-13,16,18,26,35H,14-15,17H2,1-2H3/t26-/m1/s1. The summed E-state index contributed by atoms with van der Waals surface area (Å²) in [5.41, 5.74) is 3.28. The smallest absolute Gasteiger partial charge is 0.301 e. The summed E-state index contributed by atoms with van der Waals surface area (Å²) in [6.45, 7) is 5.01. The summed E-state index contributed by atoms with van der Waals surface area (Å²) < 4.78 is 12.0. The molecule has 0 aliphatic carbocycles. The van der Waals surface area contributed by atoms with Crippen LogP contribution in [0.4, 0.5) is 5.13 Å². The molecule has 4 aromatic rings. The zero-order chi connectivity index (χ0) is 28.5. The second-order valence-corrected chi connectivity index (χ2v) is 12.2. The Balaban J connectivity index is 1.40. The first-order valence-corrected chi connectivity index (χ1v) is 15.0. The molecule has 2 aliphatic heterocycles. The maximum absolute atomic E-state index is 13.6. The first kappa shape index (κ1) is 27.0. The number of ether oxygens (including phenoxy) is 2. The lowest BCUT2D eigenvalue weighted by Gasteiger charge is -2.23. The van der Waals surface area contributed by atoms with E-state index in [2.05, 4.69) is 24.0 Å². The van der Waals surface area contributed by atoms with Gasteiger partial charge in [-0.15, -0.1) is 10.2 Å². The SMILES string of the molecule is CC(C)c1ccc([C@@H]2C(=C(O)c3ccc4c(c3)OCCO4)C(=O)C(=O)N2c2nnc(SCc3ccccc3)s2)cc1. The molecule has 2 aliphatic rings. The number of amides is 1. The van der Waals surface area contributed by atoms with Gasteiger partial charge >= 0.3 is 5.91 Å². The molecule has 1 N–H and O–H groups in total. The van der Waals surface area contributed by atoms with Crippen LogP contribution >= 0.6 is 23.1 Å². The lowest BCUT2D eigenvalue weighted by Crippen LogP contribution is -2.29. The molecular weight excluding hydrogens is 558 g/mol. The van der Waals surface area contributed by atoms with Gasteiger partial charge in [-0.05, 0) is 40.8 Å². The number of nitrogens with zero attached hydrogens (tertiary/aromatic N) is 3. The number of rotatable bonds is 7. The number of aliphatic hydroxyl groups excluding tert-OH is 1. The van der Waals surface area contributed by atoms with Crippen molar-refractivity contribution in [2.75, 3.05) is 18.1 Å². The molecule has 41 heavy (non-hydrogen) atoms. The van der Waals surface area contributed by atoms with Crippen molar-refractivity contribution < 1.29 is 24.2 Å². The maximum atomic E-state index is 13.6. The Labute approximate surface area is 245 Å². The van der Waals surface area contributed by atoms with E-state index >= 15 is 0 Å². The van der Waals surface area contributed by atoms with E-state index < -0.39 is 17.7 Å². The highest BCUT2D eigenvalue weighted by molar-refractivity contribution is 8.00. The Kier molecular flexibility index (Phi) is 7.51. The number of fused-ring (bicyclic) bond motifs is 1. The molecule has 0 bridgehead atoms. The van der Waals surface area contributed by atoms with E-state index in [-0.39, 0.29) is 11.3 Å². The average molecular weight is 586 g/mol. The van der Waals surface area contributed by atoms with Crippen LogP contribution in [0.25, 0.3) is 5.76 Å². The van der Waals surface area contributed by atoms with Crippen molar-refractivity contribution in [2.45, 2.75) is 35.9 Å². The van der Waals surface area contributed by atoms with Crippen molar-refractivity contribution in [1.82, 2.24) is 10.2 Å². The van der Waals surface area contributed by atoms with Gasteiger partial charge in [-0.1, -0.05) is 91.5 Å². The molecular formula is C31H27N3O5S2. The van der Waals surface area contributed by atoms with Crippen molar-refractivity contribution >= 4 is 45.7 Å². The van der Waals surface area contributed by atoms with Gasteiger partial charge in [0.05, 0.1) is 11.6 Å². The summed E-state index contributed by atoms with van der Waals surface area (Å²) in [6.07, 6.45) is 0. The number of aromatic nitrogens is 2. The molecule has 1 amide bonds. The lowest BCUT2D eigenvalue weighted by molar-refractivity contribution is -0.132. The second kappa shape index (κ2) is 11.4. The largest absolute Gasteiger partial charge is 0.507 e. The van der Waals surface area contributed by atoms with Gasteiger partial charge in [0.2, 0.25) is 5.13 Å². The van der Waals surface area contributed by atoms with E-state index in [9.17, 15) is 14.7 Å². The van der Waals surface area contributed by atoms with Gasteiger partial charge in [-0.3, -0.25) is 14.5 Å². The van der Waals surface area contributed by atoms with Crippen LogP contribution in [0.5, 0.6) is 11.5 Å². The summed E-state index contributed by atoms with van der Waals surface area (Å²) in [5.74, 6) is 0.185. The van der Waals surface area contributed by atoms with Crippen LogP contribution in [0, 0.1) is 0 Å². The molecule has 8 nitrogen and oxygen atoms in total. The molecule has 6 rings (SSSR count). The number of carbonyl (C=O) groups excluding carboxylic acids is 2. The van der Waals surface area contributed by atoms with Gasteiger partial charge in [0.15, 0.2) is 15.8 Å². The third-order valence-corrected chi connectivity index (χ3v) is 9.11. The van der Waals surface area contributed by atoms with Crippen molar-refractivity contribution in [1.29, 1.82) is 0 Å². The molecule has 3 heterocycles. The summed E-state index contributed by atoms with van der Waals surface area (Å²) in [4.78, 5) is 28.5. The molecule has 10 heteroatoms. The number of thioether (sulfide) groups is 1. The minimum absolute atomic E-state index is 0.0161. The van der Waals surface area contributed by atoms with Gasteiger partial charge in [0, 0.05) is 11.3 Å². The number of ketones is 1. The maximum Gasteiger partial charge on any atom is 0.301 e. The molecule has 0 unspecified atom stereocenters. The van der Waals surface area contributed by atoms with E-state index in [1.165, 1.54) is 28.0 Å². The van der Waals surface area contributed by atoms with Gasteiger partial charge < -0.3 is 14.6 Å². The van der Waals surface area contributed by atoms with Gasteiger partial charge in [0.1, 0.15) is 19.0 Å². The molecule has 1 saturated heterocycles. The van der Waals surface area contributed by atoms with Crippen LogP contribution in [-0.4, -0.2) is 40.2 Å². The third kappa shape index (κ3) is 5.32. The predicted octanol–water partition coefficient (Wildman–Crippen LogP) is 6.35. The Morgan fingerprint density at radius 2 is 1.73 bits per heavy atom. The first-order chi connectivity index (χ1) is 19.9. The van der Waals surface area contributed by atoms with Crippen molar-refractivity contribution in [3.8, 4) is 11.5 Å². The summed E-state index contributed by atoms with van der Waals surface area (Å²) >= 11 is 2.75. The van der Waals surface area contributed by atoms with Crippen molar-refractivity contribution in [3.05, 3.63) is 101 Å². The summed E-state index contributed by atoms with van der Waals surface area (Å²) in [6, 6.07) is 21.8. The Morgan fingerprint density at radius 3 is 2.46 bits per heavy atom. The van der Waals surface area contributed by atoms with Crippen LogP contribution in [0.1, 0.15) is 48.1 Å². The number of anilines is 1. The Morgan fingerprint density at radius 1 is 1.00 bits per heavy atom. The number of aliphatic hydroxyl groups is 1. The molecule has 208 valence electrons. The number of Topliss-reactive ketones (excluding diaryl/α,β-unsaturated/α-hetero) is 1. The van der Waals surface area contributed by atoms with E-state index in [4.69, 9.17) is 9.47 Å². The topological polar surface area (TPSA) is 102 Å². The molecule has 1 atom stereocenters. The van der Waals surface area contributed by atoms with E-state index in [0.717, 1.165) is 11.1 Å². The van der Waals surface area contributed by atoms with Crippen LogP contribution < -0.4 is 14.4 Å². The summed E-state index contributed by atoms with van der Waals surface area (Å²) in [5, 5.41) is 20.4. The highest BCUT2D eigenvalue weighted by Crippen LogP contribution is 2.45. The molecule has 0 spiro atoms. The third-order valence-electron chi connectivity index (χ3n) is 6.99.